The Morgan fingerprint density at radius 2 is 1.86 bits per heavy atom. The summed E-state index contributed by atoms with van der Waals surface area (Å²) in [5.74, 6) is -0.270. The zero-order valence-electron chi connectivity index (χ0n) is 12.0. The van der Waals surface area contributed by atoms with Gasteiger partial charge in [-0.1, -0.05) is 28.1 Å². The van der Waals surface area contributed by atoms with Crippen LogP contribution in [0.5, 0.6) is 0 Å². The Balaban J connectivity index is 2.23. The second-order valence-corrected chi connectivity index (χ2v) is 5.66. The number of rotatable bonds is 5. The first-order valence-corrected chi connectivity index (χ1v) is 7.33. The molecule has 0 fully saturated rings. The molecule has 0 spiro atoms. The third-order valence-corrected chi connectivity index (χ3v) is 3.76. The Hall–Kier alpha value is -1.72. The van der Waals surface area contributed by atoms with Crippen LogP contribution in [0.4, 0.5) is 0 Å². The lowest BCUT2D eigenvalue weighted by Crippen LogP contribution is -2.31. The van der Waals surface area contributed by atoms with E-state index >= 15 is 0 Å². The van der Waals surface area contributed by atoms with E-state index in [-0.39, 0.29) is 5.97 Å². The molecular formula is C16H17BrN2O2. The van der Waals surface area contributed by atoms with Gasteiger partial charge in [-0.2, -0.15) is 0 Å². The van der Waals surface area contributed by atoms with Gasteiger partial charge in [0.1, 0.15) is 6.04 Å². The number of hydrogen-bond donors (Lipinski definition) is 0. The normalized spacial score (nSPS) is 12.2. The molecule has 0 bridgehead atoms. The van der Waals surface area contributed by atoms with Crippen molar-refractivity contribution in [1.29, 1.82) is 0 Å². The van der Waals surface area contributed by atoms with Crippen LogP contribution in [0.15, 0.2) is 53.3 Å². The number of ether oxygens (including phenoxy) is 1. The topological polar surface area (TPSA) is 42.4 Å². The van der Waals surface area contributed by atoms with Gasteiger partial charge in [-0.05, 0) is 42.4 Å². The standard InChI is InChI=1S/C16H17BrN2O2/c1-19(11-12-7-9-18-10-8-12)15(16(20)21-2)13-3-5-14(17)6-4-13/h3-10,15H,11H2,1-2H3. The van der Waals surface area contributed by atoms with Gasteiger partial charge in [-0.15, -0.1) is 0 Å². The van der Waals surface area contributed by atoms with E-state index in [0.29, 0.717) is 6.54 Å². The van der Waals surface area contributed by atoms with E-state index in [2.05, 4.69) is 20.9 Å². The summed E-state index contributed by atoms with van der Waals surface area (Å²) in [7, 11) is 3.32. The molecule has 2 rings (SSSR count). The smallest absolute Gasteiger partial charge is 0.327 e. The summed E-state index contributed by atoms with van der Waals surface area (Å²) < 4.78 is 5.93. The Morgan fingerprint density at radius 3 is 2.43 bits per heavy atom. The molecule has 1 aromatic heterocycles. The minimum Gasteiger partial charge on any atom is -0.468 e. The quantitative estimate of drug-likeness (QED) is 0.778. The summed E-state index contributed by atoms with van der Waals surface area (Å²) >= 11 is 3.40. The van der Waals surface area contributed by atoms with Gasteiger partial charge in [0.2, 0.25) is 0 Å². The van der Waals surface area contributed by atoms with Crippen molar-refractivity contribution in [2.24, 2.45) is 0 Å². The molecule has 1 heterocycles. The van der Waals surface area contributed by atoms with E-state index in [1.54, 1.807) is 12.4 Å². The molecule has 0 aliphatic rings. The molecule has 0 aliphatic heterocycles. The van der Waals surface area contributed by atoms with Crippen LogP contribution in [-0.2, 0) is 16.1 Å². The molecule has 0 saturated heterocycles. The molecule has 5 heteroatoms. The highest BCUT2D eigenvalue weighted by molar-refractivity contribution is 9.10. The molecule has 0 amide bonds. The molecule has 1 unspecified atom stereocenters. The molecule has 0 radical (unpaired) electrons. The highest BCUT2D eigenvalue weighted by Gasteiger charge is 2.26. The van der Waals surface area contributed by atoms with Crippen LogP contribution in [-0.4, -0.2) is 30.0 Å². The molecule has 4 nitrogen and oxygen atoms in total. The average Bonchev–Trinajstić information content (AvgIpc) is 2.50. The van der Waals surface area contributed by atoms with Crippen molar-refractivity contribution in [1.82, 2.24) is 9.88 Å². The Labute approximate surface area is 132 Å². The van der Waals surface area contributed by atoms with E-state index in [1.165, 1.54) is 7.11 Å². The summed E-state index contributed by atoms with van der Waals surface area (Å²) in [5.41, 5.74) is 2.00. The van der Waals surface area contributed by atoms with Crippen molar-refractivity contribution in [2.75, 3.05) is 14.2 Å². The maximum absolute atomic E-state index is 12.1. The van der Waals surface area contributed by atoms with Crippen LogP contribution in [0.3, 0.4) is 0 Å². The third-order valence-electron chi connectivity index (χ3n) is 3.23. The van der Waals surface area contributed by atoms with E-state index in [4.69, 9.17) is 4.74 Å². The number of likely N-dealkylation sites (N-methyl/N-ethyl adjacent to an activating group) is 1. The van der Waals surface area contributed by atoms with Crippen LogP contribution >= 0.6 is 15.9 Å². The average molecular weight is 349 g/mol. The molecule has 110 valence electrons. The van der Waals surface area contributed by atoms with Gasteiger partial charge >= 0.3 is 5.97 Å². The van der Waals surface area contributed by atoms with Crippen LogP contribution in [0.2, 0.25) is 0 Å². The Morgan fingerprint density at radius 1 is 1.24 bits per heavy atom. The second-order valence-electron chi connectivity index (χ2n) is 4.75. The largest absolute Gasteiger partial charge is 0.468 e. The lowest BCUT2D eigenvalue weighted by molar-refractivity contribution is -0.147. The number of pyridine rings is 1. The van der Waals surface area contributed by atoms with Crippen LogP contribution in [0, 0.1) is 0 Å². The monoisotopic (exact) mass is 348 g/mol. The predicted octanol–water partition coefficient (Wildman–Crippen LogP) is 3.19. The number of nitrogens with zero attached hydrogens (tertiary/aromatic N) is 2. The summed E-state index contributed by atoms with van der Waals surface area (Å²) in [6, 6.07) is 11.1. The first-order valence-electron chi connectivity index (χ1n) is 6.54. The van der Waals surface area contributed by atoms with Crippen LogP contribution < -0.4 is 0 Å². The summed E-state index contributed by atoms with van der Waals surface area (Å²) in [6.07, 6.45) is 3.49. The number of methoxy groups -OCH3 is 1. The van der Waals surface area contributed by atoms with E-state index in [1.807, 2.05) is 48.3 Å². The van der Waals surface area contributed by atoms with Gasteiger partial charge < -0.3 is 4.74 Å². The molecule has 0 aliphatic carbocycles. The van der Waals surface area contributed by atoms with Gasteiger partial charge in [0.15, 0.2) is 0 Å². The maximum Gasteiger partial charge on any atom is 0.327 e. The summed E-state index contributed by atoms with van der Waals surface area (Å²) in [4.78, 5) is 18.1. The second kappa shape index (κ2) is 7.33. The fraction of sp³-hybridized carbons (Fsp3) is 0.250. The molecule has 21 heavy (non-hydrogen) atoms. The van der Waals surface area contributed by atoms with Gasteiger partial charge in [0.25, 0.3) is 0 Å². The van der Waals surface area contributed by atoms with Crippen molar-refractivity contribution in [2.45, 2.75) is 12.6 Å². The first kappa shape index (κ1) is 15.7. The van der Waals surface area contributed by atoms with Crippen molar-refractivity contribution >= 4 is 21.9 Å². The molecule has 1 aromatic carbocycles. The first-order chi connectivity index (χ1) is 10.1. The lowest BCUT2D eigenvalue weighted by Gasteiger charge is -2.26. The molecular weight excluding hydrogens is 332 g/mol. The zero-order valence-corrected chi connectivity index (χ0v) is 13.6. The third kappa shape index (κ3) is 4.12. The minimum atomic E-state index is -0.434. The fourth-order valence-corrected chi connectivity index (χ4v) is 2.46. The lowest BCUT2D eigenvalue weighted by atomic mass is 10.1. The molecule has 0 N–H and O–H groups in total. The van der Waals surface area contributed by atoms with Gasteiger partial charge in [-0.3, -0.25) is 9.88 Å². The van der Waals surface area contributed by atoms with Crippen molar-refractivity contribution < 1.29 is 9.53 Å². The number of carbonyl (C=O) groups excluding carboxylic acids is 1. The maximum atomic E-state index is 12.1. The number of esters is 1. The molecule has 0 saturated carbocycles. The Kier molecular flexibility index (Phi) is 5.47. The van der Waals surface area contributed by atoms with Crippen molar-refractivity contribution in [3.8, 4) is 0 Å². The Bertz CT molecular complexity index is 587. The summed E-state index contributed by atoms with van der Waals surface area (Å²) in [5, 5.41) is 0. The number of halogens is 1. The number of aromatic nitrogens is 1. The number of hydrogen-bond acceptors (Lipinski definition) is 4. The fourth-order valence-electron chi connectivity index (χ4n) is 2.19. The summed E-state index contributed by atoms with van der Waals surface area (Å²) in [6.45, 7) is 0.637. The van der Waals surface area contributed by atoms with Crippen molar-refractivity contribution in [3.63, 3.8) is 0 Å². The van der Waals surface area contributed by atoms with E-state index < -0.39 is 6.04 Å². The van der Waals surface area contributed by atoms with Crippen LogP contribution in [0.1, 0.15) is 17.2 Å². The van der Waals surface area contributed by atoms with E-state index in [9.17, 15) is 4.79 Å². The highest BCUT2D eigenvalue weighted by Crippen LogP contribution is 2.24. The highest BCUT2D eigenvalue weighted by atomic mass is 79.9. The molecule has 1 atom stereocenters. The number of benzene rings is 1. The van der Waals surface area contributed by atoms with E-state index in [0.717, 1.165) is 15.6 Å². The van der Waals surface area contributed by atoms with Gasteiger partial charge in [-0.25, -0.2) is 4.79 Å². The number of carbonyl (C=O) groups is 1. The SMILES string of the molecule is COC(=O)C(c1ccc(Br)cc1)N(C)Cc1ccncc1. The minimum absolute atomic E-state index is 0.270. The van der Waals surface area contributed by atoms with Gasteiger partial charge in [0, 0.05) is 23.4 Å². The molecule has 2 aromatic rings. The van der Waals surface area contributed by atoms with Gasteiger partial charge in [0.05, 0.1) is 7.11 Å². The zero-order chi connectivity index (χ0) is 15.2. The predicted molar refractivity (Wildman–Crippen MR) is 84.6 cm³/mol. The van der Waals surface area contributed by atoms with Crippen molar-refractivity contribution in [3.05, 3.63) is 64.4 Å². The van der Waals surface area contributed by atoms with Crippen LogP contribution in [0.25, 0.3) is 0 Å².